The molecule has 1 aromatic rings. The Labute approximate surface area is 104 Å². The number of amides is 1. The molecule has 5 nitrogen and oxygen atoms in total. The molecule has 1 saturated carbocycles. The van der Waals surface area contributed by atoms with E-state index in [0.29, 0.717) is 11.5 Å². The van der Waals surface area contributed by atoms with Crippen LogP contribution < -0.4 is 11.1 Å². The number of hydrogen-bond acceptors (Lipinski definition) is 5. The Morgan fingerprint density at radius 2 is 2.53 bits per heavy atom. The van der Waals surface area contributed by atoms with Crippen LogP contribution in [-0.4, -0.2) is 35.7 Å². The third-order valence-corrected chi connectivity index (χ3v) is 3.80. The van der Waals surface area contributed by atoms with E-state index in [1.165, 1.54) is 11.3 Å². The molecule has 1 aliphatic carbocycles. The van der Waals surface area contributed by atoms with Crippen LogP contribution in [0.5, 0.6) is 0 Å². The normalized spacial score (nSPS) is 27.6. The zero-order chi connectivity index (χ0) is 12.4. The highest BCUT2D eigenvalue weighted by Crippen LogP contribution is 2.23. The first-order valence-electron chi connectivity index (χ1n) is 5.72. The van der Waals surface area contributed by atoms with E-state index in [1.54, 1.807) is 6.20 Å². The molecule has 94 valence electrons. The Morgan fingerprint density at radius 3 is 3.06 bits per heavy atom. The first-order chi connectivity index (χ1) is 8.11. The van der Waals surface area contributed by atoms with E-state index >= 15 is 0 Å². The number of aromatic nitrogens is 1. The zero-order valence-corrected chi connectivity index (χ0v) is 10.8. The third kappa shape index (κ3) is 2.65. The minimum absolute atomic E-state index is 0.00971. The average Bonchev–Trinajstić information content (AvgIpc) is 2.72. The van der Waals surface area contributed by atoms with Gasteiger partial charge < -0.3 is 15.8 Å². The van der Waals surface area contributed by atoms with E-state index in [2.05, 4.69) is 10.3 Å². The summed E-state index contributed by atoms with van der Waals surface area (Å²) in [6.07, 6.45) is 2.45. The standard InChI is InChI=1S/C11H17N3O2S/c1-3-16-8-4-7(12)10(8)14-11(15)9-5-13-6(2)17-9/h5,7-8,10H,3-4,12H2,1-2H3,(H,14,15). The van der Waals surface area contributed by atoms with Crippen LogP contribution in [-0.2, 0) is 4.74 Å². The lowest BCUT2D eigenvalue weighted by molar-refractivity contribution is -0.0299. The van der Waals surface area contributed by atoms with Crippen LogP contribution in [0.4, 0.5) is 0 Å². The van der Waals surface area contributed by atoms with Crippen molar-refractivity contribution < 1.29 is 9.53 Å². The van der Waals surface area contributed by atoms with Crippen LogP contribution in [0.25, 0.3) is 0 Å². The number of nitrogens with zero attached hydrogens (tertiary/aromatic N) is 1. The van der Waals surface area contributed by atoms with Crippen LogP contribution in [0.15, 0.2) is 6.20 Å². The number of thiazole rings is 1. The number of ether oxygens (including phenoxy) is 1. The van der Waals surface area contributed by atoms with Crippen molar-refractivity contribution in [1.29, 1.82) is 0 Å². The maximum Gasteiger partial charge on any atom is 0.263 e. The second kappa shape index (κ2) is 5.12. The van der Waals surface area contributed by atoms with Crippen molar-refractivity contribution >= 4 is 17.2 Å². The lowest BCUT2D eigenvalue weighted by Gasteiger charge is -2.42. The zero-order valence-electron chi connectivity index (χ0n) is 9.97. The number of rotatable bonds is 4. The molecule has 3 unspecified atom stereocenters. The summed E-state index contributed by atoms with van der Waals surface area (Å²) in [7, 11) is 0. The quantitative estimate of drug-likeness (QED) is 0.829. The predicted molar refractivity (Wildman–Crippen MR) is 66.1 cm³/mol. The van der Waals surface area contributed by atoms with E-state index in [4.69, 9.17) is 10.5 Å². The number of carbonyl (C=O) groups is 1. The lowest BCUT2D eigenvalue weighted by atomic mass is 9.83. The average molecular weight is 255 g/mol. The molecule has 6 heteroatoms. The second-order valence-corrected chi connectivity index (χ2v) is 5.37. The summed E-state index contributed by atoms with van der Waals surface area (Å²) in [4.78, 5) is 16.6. The summed E-state index contributed by atoms with van der Waals surface area (Å²) in [5.74, 6) is -0.111. The lowest BCUT2D eigenvalue weighted by Crippen LogP contribution is -2.64. The fraction of sp³-hybridized carbons (Fsp3) is 0.636. The van der Waals surface area contributed by atoms with Gasteiger partial charge in [-0.3, -0.25) is 4.79 Å². The summed E-state index contributed by atoms with van der Waals surface area (Å²) >= 11 is 1.38. The first kappa shape index (κ1) is 12.5. The van der Waals surface area contributed by atoms with E-state index in [-0.39, 0.29) is 24.1 Å². The van der Waals surface area contributed by atoms with Gasteiger partial charge in [0.2, 0.25) is 0 Å². The summed E-state index contributed by atoms with van der Waals surface area (Å²) in [6.45, 7) is 4.46. The van der Waals surface area contributed by atoms with E-state index in [0.717, 1.165) is 11.4 Å². The highest BCUT2D eigenvalue weighted by molar-refractivity contribution is 7.13. The molecule has 0 spiro atoms. The Morgan fingerprint density at radius 1 is 1.76 bits per heavy atom. The fourth-order valence-corrected chi connectivity index (χ4v) is 2.60. The minimum atomic E-state index is -0.111. The molecule has 17 heavy (non-hydrogen) atoms. The Bertz CT molecular complexity index is 405. The molecule has 0 bridgehead atoms. The highest BCUT2D eigenvalue weighted by Gasteiger charge is 2.40. The number of nitrogens with one attached hydrogen (secondary N) is 1. The van der Waals surface area contributed by atoms with Crippen LogP contribution >= 0.6 is 11.3 Å². The molecule has 3 N–H and O–H groups in total. The van der Waals surface area contributed by atoms with Crippen molar-refractivity contribution in [2.24, 2.45) is 5.73 Å². The Hall–Kier alpha value is -0.980. The predicted octanol–water partition coefficient (Wildman–Crippen LogP) is 0.686. The van der Waals surface area contributed by atoms with Crippen LogP contribution in [0.1, 0.15) is 28.0 Å². The Balaban J connectivity index is 1.94. The largest absolute Gasteiger partial charge is 0.376 e. The third-order valence-electron chi connectivity index (χ3n) is 2.89. The molecular weight excluding hydrogens is 238 g/mol. The van der Waals surface area contributed by atoms with Crippen molar-refractivity contribution in [3.8, 4) is 0 Å². The molecule has 0 aromatic carbocycles. The SMILES string of the molecule is CCOC1CC(N)C1NC(=O)c1cnc(C)s1. The van der Waals surface area contributed by atoms with E-state index < -0.39 is 0 Å². The molecule has 1 aromatic heterocycles. The molecule has 0 aliphatic heterocycles. The molecule has 1 fully saturated rings. The van der Waals surface area contributed by atoms with Gasteiger partial charge in [-0.05, 0) is 20.3 Å². The molecular formula is C11H17N3O2S. The summed E-state index contributed by atoms with van der Waals surface area (Å²) in [6, 6.07) is -0.0885. The fourth-order valence-electron chi connectivity index (χ4n) is 1.92. The first-order valence-corrected chi connectivity index (χ1v) is 6.54. The summed E-state index contributed by atoms with van der Waals surface area (Å²) in [5, 5.41) is 3.80. The molecule has 2 rings (SSSR count). The van der Waals surface area contributed by atoms with Crippen molar-refractivity contribution in [3.05, 3.63) is 16.1 Å². The van der Waals surface area contributed by atoms with Gasteiger partial charge in [0.25, 0.3) is 5.91 Å². The molecule has 0 saturated heterocycles. The second-order valence-electron chi connectivity index (χ2n) is 4.14. The van der Waals surface area contributed by atoms with Gasteiger partial charge in [0.1, 0.15) is 4.88 Å². The van der Waals surface area contributed by atoms with Crippen LogP contribution in [0.3, 0.4) is 0 Å². The topological polar surface area (TPSA) is 77.2 Å². The highest BCUT2D eigenvalue weighted by atomic mass is 32.1. The van der Waals surface area contributed by atoms with Gasteiger partial charge in [-0.2, -0.15) is 0 Å². The van der Waals surface area contributed by atoms with Gasteiger partial charge in [0.15, 0.2) is 0 Å². The van der Waals surface area contributed by atoms with Crippen molar-refractivity contribution in [3.63, 3.8) is 0 Å². The molecule has 1 amide bonds. The van der Waals surface area contributed by atoms with Gasteiger partial charge in [-0.1, -0.05) is 0 Å². The van der Waals surface area contributed by atoms with Gasteiger partial charge in [0, 0.05) is 12.6 Å². The van der Waals surface area contributed by atoms with Gasteiger partial charge in [-0.15, -0.1) is 11.3 Å². The minimum Gasteiger partial charge on any atom is -0.376 e. The van der Waals surface area contributed by atoms with Gasteiger partial charge in [0.05, 0.1) is 23.4 Å². The summed E-state index contributed by atoms with van der Waals surface area (Å²) in [5.41, 5.74) is 5.87. The monoisotopic (exact) mass is 255 g/mol. The van der Waals surface area contributed by atoms with Gasteiger partial charge >= 0.3 is 0 Å². The summed E-state index contributed by atoms with van der Waals surface area (Å²) < 4.78 is 5.50. The molecule has 1 aliphatic rings. The van der Waals surface area contributed by atoms with Crippen LogP contribution in [0, 0.1) is 6.92 Å². The number of aryl methyl sites for hydroxylation is 1. The number of hydrogen-bond donors (Lipinski definition) is 2. The molecule has 0 radical (unpaired) electrons. The van der Waals surface area contributed by atoms with E-state index in [1.807, 2.05) is 13.8 Å². The van der Waals surface area contributed by atoms with Crippen molar-refractivity contribution in [2.75, 3.05) is 6.61 Å². The van der Waals surface area contributed by atoms with E-state index in [9.17, 15) is 4.79 Å². The Kier molecular flexibility index (Phi) is 3.76. The number of nitrogens with two attached hydrogens (primary N) is 1. The maximum atomic E-state index is 11.9. The maximum absolute atomic E-state index is 11.9. The van der Waals surface area contributed by atoms with Crippen molar-refractivity contribution in [2.45, 2.75) is 38.5 Å². The molecule has 1 heterocycles. The smallest absolute Gasteiger partial charge is 0.263 e. The van der Waals surface area contributed by atoms with Crippen LogP contribution in [0.2, 0.25) is 0 Å². The van der Waals surface area contributed by atoms with Crippen molar-refractivity contribution in [1.82, 2.24) is 10.3 Å². The van der Waals surface area contributed by atoms with Gasteiger partial charge in [-0.25, -0.2) is 4.98 Å². The molecule has 3 atom stereocenters. The number of carbonyl (C=O) groups excluding carboxylic acids is 1.